The monoisotopic (exact) mass is 216 g/mol. The van der Waals surface area contributed by atoms with Crippen LogP contribution in [0, 0.1) is 12.8 Å². The highest BCUT2D eigenvalue weighted by molar-refractivity contribution is 5.55. The van der Waals surface area contributed by atoms with Crippen LogP contribution in [-0.4, -0.2) is 6.61 Å². The van der Waals surface area contributed by atoms with Gasteiger partial charge in [-0.25, -0.2) is 0 Å². The van der Waals surface area contributed by atoms with Crippen molar-refractivity contribution in [3.8, 4) is 0 Å². The van der Waals surface area contributed by atoms with Crippen molar-refractivity contribution in [3.05, 3.63) is 53.8 Å². The molecule has 1 aromatic rings. The van der Waals surface area contributed by atoms with E-state index in [0.29, 0.717) is 5.92 Å². The first kappa shape index (κ1) is 12.6. The van der Waals surface area contributed by atoms with Crippen molar-refractivity contribution in [1.82, 2.24) is 0 Å². The first-order chi connectivity index (χ1) is 7.59. The van der Waals surface area contributed by atoms with Crippen LogP contribution < -0.4 is 0 Å². The molecule has 0 unspecified atom stereocenters. The fraction of sp³-hybridized carbons (Fsp3) is 0.333. The summed E-state index contributed by atoms with van der Waals surface area (Å²) >= 11 is 0. The Balaban J connectivity index is 2.54. The molecule has 86 valence electrons. The predicted octanol–water partition coefficient (Wildman–Crippen LogP) is 4.19. The van der Waals surface area contributed by atoms with Crippen molar-refractivity contribution in [2.24, 2.45) is 5.92 Å². The van der Waals surface area contributed by atoms with Crippen LogP contribution in [0.2, 0.25) is 0 Å². The lowest BCUT2D eigenvalue weighted by atomic mass is 10.1. The Morgan fingerprint density at radius 2 is 2.06 bits per heavy atom. The Morgan fingerprint density at radius 1 is 1.38 bits per heavy atom. The second kappa shape index (κ2) is 6.16. The molecule has 0 saturated heterocycles. The Morgan fingerprint density at radius 3 is 2.69 bits per heavy atom. The molecule has 0 fully saturated rings. The molecule has 0 atom stereocenters. The molecule has 0 aliphatic rings. The molecule has 0 heterocycles. The fourth-order valence-electron chi connectivity index (χ4n) is 1.28. The molecule has 0 amide bonds. The third-order valence-corrected chi connectivity index (χ3v) is 2.24. The average molecular weight is 216 g/mol. The van der Waals surface area contributed by atoms with E-state index in [1.807, 2.05) is 24.3 Å². The SMILES string of the molecule is C=C(/C=C\c1ccccc1C)OCC(C)C. The van der Waals surface area contributed by atoms with Crippen LogP contribution in [0.1, 0.15) is 25.0 Å². The van der Waals surface area contributed by atoms with E-state index in [-0.39, 0.29) is 0 Å². The van der Waals surface area contributed by atoms with E-state index in [1.165, 1.54) is 11.1 Å². The van der Waals surface area contributed by atoms with E-state index in [9.17, 15) is 0 Å². The summed E-state index contributed by atoms with van der Waals surface area (Å²) in [6, 6.07) is 8.25. The molecular weight excluding hydrogens is 196 g/mol. The maximum absolute atomic E-state index is 5.48. The number of rotatable bonds is 5. The van der Waals surface area contributed by atoms with Crippen LogP contribution >= 0.6 is 0 Å². The standard InChI is InChI=1S/C15H20O/c1-12(2)11-16-14(4)9-10-15-8-6-5-7-13(15)3/h5-10,12H,4,11H2,1-3H3/b10-9-. The van der Waals surface area contributed by atoms with Gasteiger partial charge in [0.2, 0.25) is 0 Å². The van der Waals surface area contributed by atoms with E-state index in [2.05, 4.69) is 39.5 Å². The summed E-state index contributed by atoms with van der Waals surface area (Å²) in [5.41, 5.74) is 2.47. The van der Waals surface area contributed by atoms with Gasteiger partial charge in [0.15, 0.2) is 0 Å². The number of ether oxygens (including phenoxy) is 1. The summed E-state index contributed by atoms with van der Waals surface area (Å²) in [6.07, 6.45) is 3.96. The van der Waals surface area contributed by atoms with Gasteiger partial charge < -0.3 is 4.74 Å². The third-order valence-electron chi connectivity index (χ3n) is 2.24. The smallest absolute Gasteiger partial charge is 0.112 e. The molecule has 1 nitrogen and oxygen atoms in total. The van der Waals surface area contributed by atoms with Crippen molar-refractivity contribution in [1.29, 1.82) is 0 Å². The van der Waals surface area contributed by atoms with Gasteiger partial charge in [0.05, 0.1) is 6.61 Å². The fourth-order valence-corrected chi connectivity index (χ4v) is 1.28. The van der Waals surface area contributed by atoms with Crippen molar-refractivity contribution >= 4 is 6.08 Å². The predicted molar refractivity (Wildman–Crippen MR) is 70.1 cm³/mol. The highest BCUT2D eigenvalue weighted by Crippen LogP contribution is 2.11. The van der Waals surface area contributed by atoms with E-state index in [4.69, 9.17) is 4.74 Å². The topological polar surface area (TPSA) is 9.23 Å². The minimum atomic E-state index is 0.531. The summed E-state index contributed by atoms with van der Waals surface area (Å²) in [7, 11) is 0. The molecule has 1 rings (SSSR count). The molecule has 1 aromatic carbocycles. The molecule has 0 aliphatic heterocycles. The van der Waals surface area contributed by atoms with Gasteiger partial charge >= 0.3 is 0 Å². The maximum atomic E-state index is 5.48. The van der Waals surface area contributed by atoms with Gasteiger partial charge in [-0.3, -0.25) is 0 Å². The lowest BCUT2D eigenvalue weighted by molar-refractivity contribution is 0.191. The molecule has 0 radical (unpaired) electrons. The van der Waals surface area contributed by atoms with E-state index >= 15 is 0 Å². The second-order valence-electron chi connectivity index (χ2n) is 4.36. The first-order valence-electron chi connectivity index (χ1n) is 5.65. The number of allylic oxidation sites excluding steroid dienone is 1. The number of hydrogen-bond donors (Lipinski definition) is 0. The summed E-state index contributed by atoms with van der Waals surface area (Å²) in [5.74, 6) is 1.25. The molecule has 0 N–H and O–H groups in total. The van der Waals surface area contributed by atoms with E-state index < -0.39 is 0 Å². The van der Waals surface area contributed by atoms with Crippen LogP contribution in [0.15, 0.2) is 42.7 Å². The van der Waals surface area contributed by atoms with Gasteiger partial charge in [0.25, 0.3) is 0 Å². The number of benzene rings is 1. The Labute approximate surface area is 98.5 Å². The summed E-state index contributed by atoms with van der Waals surface area (Å²) in [4.78, 5) is 0. The molecule has 0 saturated carbocycles. The van der Waals surface area contributed by atoms with Crippen LogP contribution in [0.3, 0.4) is 0 Å². The van der Waals surface area contributed by atoms with Crippen LogP contribution in [0.4, 0.5) is 0 Å². The maximum Gasteiger partial charge on any atom is 0.112 e. The van der Waals surface area contributed by atoms with E-state index in [0.717, 1.165) is 12.4 Å². The second-order valence-corrected chi connectivity index (χ2v) is 4.36. The summed E-state index contributed by atoms with van der Waals surface area (Å²) in [6.45, 7) is 10.9. The Hall–Kier alpha value is -1.50. The van der Waals surface area contributed by atoms with Crippen molar-refractivity contribution in [2.75, 3.05) is 6.61 Å². The Bertz CT molecular complexity index is 375. The van der Waals surface area contributed by atoms with E-state index in [1.54, 1.807) is 0 Å². The minimum absolute atomic E-state index is 0.531. The molecule has 1 heteroatoms. The Kier molecular flexibility index (Phi) is 4.84. The highest BCUT2D eigenvalue weighted by atomic mass is 16.5. The number of aryl methyl sites for hydroxylation is 1. The highest BCUT2D eigenvalue weighted by Gasteiger charge is 1.95. The zero-order chi connectivity index (χ0) is 12.0. The first-order valence-corrected chi connectivity index (χ1v) is 5.65. The summed E-state index contributed by atoms with van der Waals surface area (Å²) in [5, 5.41) is 0. The van der Waals surface area contributed by atoms with Crippen molar-refractivity contribution in [3.63, 3.8) is 0 Å². The zero-order valence-electron chi connectivity index (χ0n) is 10.4. The normalized spacial score (nSPS) is 11.0. The van der Waals surface area contributed by atoms with Crippen molar-refractivity contribution in [2.45, 2.75) is 20.8 Å². The lowest BCUT2D eigenvalue weighted by Gasteiger charge is -2.07. The largest absolute Gasteiger partial charge is 0.494 e. The number of hydrogen-bond acceptors (Lipinski definition) is 1. The van der Waals surface area contributed by atoms with Gasteiger partial charge in [0.1, 0.15) is 5.76 Å². The molecule has 16 heavy (non-hydrogen) atoms. The zero-order valence-corrected chi connectivity index (χ0v) is 10.4. The van der Waals surface area contributed by atoms with Crippen LogP contribution in [-0.2, 0) is 4.74 Å². The molecule has 0 spiro atoms. The molecular formula is C15H20O. The van der Waals surface area contributed by atoms with Crippen LogP contribution in [0.5, 0.6) is 0 Å². The summed E-state index contributed by atoms with van der Waals surface area (Å²) < 4.78 is 5.48. The molecule has 0 aromatic heterocycles. The van der Waals surface area contributed by atoms with Gasteiger partial charge in [-0.05, 0) is 30.0 Å². The average Bonchev–Trinajstić information content (AvgIpc) is 2.25. The van der Waals surface area contributed by atoms with Gasteiger partial charge in [-0.1, -0.05) is 50.8 Å². The van der Waals surface area contributed by atoms with Gasteiger partial charge in [-0.15, -0.1) is 0 Å². The lowest BCUT2D eigenvalue weighted by Crippen LogP contribution is -1.99. The molecule has 0 bridgehead atoms. The van der Waals surface area contributed by atoms with Crippen molar-refractivity contribution < 1.29 is 4.74 Å². The minimum Gasteiger partial charge on any atom is -0.494 e. The molecule has 0 aliphatic carbocycles. The quantitative estimate of drug-likeness (QED) is 0.529. The third kappa shape index (κ3) is 4.35. The van der Waals surface area contributed by atoms with Gasteiger partial charge in [-0.2, -0.15) is 0 Å². The van der Waals surface area contributed by atoms with Gasteiger partial charge in [0, 0.05) is 0 Å². The van der Waals surface area contributed by atoms with Crippen LogP contribution in [0.25, 0.3) is 6.08 Å².